The van der Waals surface area contributed by atoms with Crippen molar-refractivity contribution in [3.8, 4) is 17.2 Å². The van der Waals surface area contributed by atoms with Gasteiger partial charge in [-0.15, -0.1) is 0 Å². The van der Waals surface area contributed by atoms with E-state index in [0.29, 0.717) is 23.9 Å². The van der Waals surface area contributed by atoms with Crippen LogP contribution in [-0.4, -0.2) is 23.6 Å². The maximum absolute atomic E-state index is 11.1. The Morgan fingerprint density at radius 2 is 2.29 bits per heavy atom. The summed E-state index contributed by atoms with van der Waals surface area (Å²) in [5, 5.41) is 0. The van der Waals surface area contributed by atoms with Crippen LogP contribution >= 0.6 is 0 Å². The van der Waals surface area contributed by atoms with Crippen LogP contribution in [0.4, 0.5) is 0 Å². The van der Waals surface area contributed by atoms with Crippen LogP contribution in [0.15, 0.2) is 42.7 Å². The van der Waals surface area contributed by atoms with Gasteiger partial charge in [-0.2, -0.15) is 0 Å². The van der Waals surface area contributed by atoms with Gasteiger partial charge in [0.15, 0.2) is 11.5 Å². The number of rotatable bonds is 4. The molecule has 1 aliphatic rings. The molecule has 1 aromatic heterocycles. The Bertz CT molecular complexity index is 645. The summed E-state index contributed by atoms with van der Waals surface area (Å²) in [5.41, 5.74) is 6.18. The molecule has 2 N–H and O–H groups in total. The van der Waals surface area contributed by atoms with E-state index in [4.69, 9.17) is 19.9 Å². The van der Waals surface area contributed by atoms with E-state index < -0.39 is 12.0 Å². The fourth-order valence-corrected chi connectivity index (χ4v) is 1.93. The summed E-state index contributed by atoms with van der Waals surface area (Å²) < 4.78 is 16.6. The van der Waals surface area contributed by atoms with Crippen molar-refractivity contribution >= 4 is 5.91 Å². The summed E-state index contributed by atoms with van der Waals surface area (Å²) in [5.74, 6) is 1.09. The number of aromatic nitrogens is 1. The topological polar surface area (TPSA) is 83.7 Å². The largest absolute Gasteiger partial charge is 0.489 e. The highest BCUT2D eigenvalue weighted by atomic mass is 16.6. The van der Waals surface area contributed by atoms with Gasteiger partial charge in [0.2, 0.25) is 6.10 Å². The van der Waals surface area contributed by atoms with Crippen molar-refractivity contribution in [1.82, 2.24) is 4.98 Å². The number of hydrogen-bond donors (Lipinski definition) is 1. The van der Waals surface area contributed by atoms with Gasteiger partial charge in [0.05, 0.1) is 0 Å². The summed E-state index contributed by atoms with van der Waals surface area (Å²) in [7, 11) is 0. The van der Waals surface area contributed by atoms with Gasteiger partial charge in [-0.1, -0.05) is 6.07 Å². The van der Waals surface area contributed by atoms with Crippen LogP contribution in [0.5, 0.6) is 17.2 Å². The third-order valence-corrected chi connectivity index (χ3v) is 3.02. The molecule has 1 atom stereocenters. The first kappa shape index (κ1) is 13.2. The average molecular weight is 286 g/mol. The molecule has 0 spiro atoms. The third kappa shape index (κ3) is 3.05. The number of fused-ring (bicyclic) bond motifs is 1. The fourth-order valence-electron chi connectivity index (χ4n) is 1.93. The molecular weight excluding hydrogens is 272 g/mol. The standard InChI is InChI=1S/C15H14N2O4/c16-15(18)14-9-20-12-4-3-11(6-13(12)21-14)19-8-10-2-1-5-17-7-10/h1-7,14H,8-9H2,(H2,16,18)/t14-/m1/s1. The SMILES string of the molecule is NC(=O)[C@H]1COc2ccc(OCc3cccnc3)cc2O1. The van der Waals surface area contributed by atoms with Crippen molar-refractivity contribution in [3.05, 3.63) is 48.3 Å². The molecular formula is C15H14N2O4. The summed E-state index contributed by atoms with van der Waals surface area (Å²) in [6.07, 6.45) is 2.67. The van der Waals surface area contributed by atoms with E-state index >= 15 is 0 Å². The molecule has 0 saturated carbocycles. The molecule has 3 rings (SSSR count). The molecule has 21 heavy (non-hydrogen) atoms. The van der Waals surface area contributed by atoms with Gasteiger partial charge in [0.1, 0.15) is 19.0 Å². The molecule has 0 fully saturated rings. The number of amides is 1. The summed E-state index contributed by atoms with van der Waals surface area (Å²) in [4.78, 5) is 15.2. The quantitative estimate of drug-likeness (QED) is 0.915. The first-order valence-corrected chi connectivity index (χ1v) is 6.47. The van der Waals surface area contributed by atoms with Gasteiger partial charge in [-0.05, 0) is 18.2 Å². The van der Waals surface area contributed by atoms with Crippen LogP contribution in [0.2, 0.25) is 0 Å². The Morgan fingerprint density at radius 3 is 3.05 bits per heavy atom. The van der Waals surface area contributed by atoms with Crippen LogP contribution in [0.3, 0.4) is 0 Å². The number of carbonyl (C=O) groups is 1. The lowest BCUT2D eigenvalue weighted by Crippen LogP contribution is -2.40. The first-order valence-electron chi connectivity index (χ1n) is 6.47. The Hall–Kier alpha value is -2.76. The Morgan fingerprint density at radius 1 is 1.38 bits per heavy atom. The van der Waals surface area contributed by atoms with Gasteiger partial charge in [0, 0.05) is 24.0 Å². The molecule has 6 nitrogen and oxygen atoms in total. The highest BCUT2D eigenvalue weighted by Gasteiger charge is 2.25. The molecule has 2 heterocycles. The van der Waals surface area contributed by atoms with Crippen LogP contribution in [0.25, 0.3) is 0 Å². The number of hydrogen-bond acceptors (Lipinski definition) is 5. The van der Waals surface area contributed by atoms with Crippen LogP contribution in [0, 0.1) is 0 Å². The minimum absolute atomic E-state index is 0.123. The van der Waals surface area contributed by atoms with E-state index in [1.807, 2.05) is 12.1 Å². The number of ether oxygens (including phenoxy) is 3. The normalized spacial score (nSPS) is 16.3. The van der Waals surface area contributed by atoms with Gasteiger partial charge in [-0.3, -0.25) is 9.78 Å². The minimum atomic E-state index is -0.772. The zero-order valence-corrected chi connectivity index (χ0v) is 11.2. The highest BCUT2D eigenvalue weighted by molar-refractivity contribution is 5.79. The lowest BCUT2D eigenvalue weighted by Gasteiger charge is -2.24. The molecule has 108 valence electrons. The lowest BCUT2D eigenvalue weighted by molar-refractivity contribution is -0.127. The zero-order valence-electron chi connectivity index (χ0n) is 11.2. The van der Waals surface area contributed by atoms with Crippen molar-refractivity contribution < 1.29 is 19.0 Å². The monoisotopic (exact) mass is 286 g/mol. The maximum Gasteiger partial charge on any atom is 0.262 e. The molecule has 0 unspecified atom stereocenters. The van der Waals surface area contributed by atoms with Crippen LogP contribution < -0.4 is 19.9 Å². The van der Waals surface area contributed by atoms with E-state index in [2.05, 4.69) is 4.98 Å². The number of nitrogens with zero attached hydrogens (tertiary/aromatic N) is 1. The summed E-state index contributed by atoms with van der Waals surface area (Å²) >= 11 is 0. The second-order valence-electron chi connectivity index (χ2n) is 4.58. The molecule has 1 aliphatic heterocycles. The van der Waals surface area contributed by atoms with Crippen molar-refractivity contribution in [1.29, 1.82) is 0 Å². The van der Waals surface area contributed by atoms with Crippen molar-refractivity contribution in [2.75, 3.05) is 6.61 Å². The number of primary amides is 1. The van der Waals surface area contributed by atoms with E-state index in [0.717, 1.165) is 5.56 Å². The summed E-state index contributed by atoms with van der Waals surface area (Å²) in [6, 6.07) is 8.98. The fraction of sp³-hybridized carbons (Fsp3) is 0.200. The van der Waals surface area contributed by atoms with E-state index in [1.54, 1.807) is 30.6 Å². The Balaban J connectivity index is 1.71. The number of benzene rings is 1. The predicted molar refractivity (Wildman–Crippen MR) is 74.1 cm³/mol. The average Bonchev–Trinajstić information content (AvgIpc) is 2.53. The minimum Gasteiger partial charge on any atom is -0.489 e. The zero-order chi connectivity index (χ0) is 14.7. The van der Waals surface area contributed by atoms with E-state index in [9.17, 15) is 4.79 Å². The molecule has 1 amide bonds. The smallest absolute Gasteiger partial charge is 0.262 e. The van der Waals surface area contributed by atoms with Crippen molar-refractivity contribution in [3.63, 3.8) is 0 Å². The molecule has 6 heteroatoms. The molecule has 2 aromatic rings. The first-order chi connectivity index (χ1) is 10.2. The second-order valence-corrected chi connectivity index (χ2v) is 4.58. The van der Waals surface area contributed by atoms with Crippen LogP contribution in [0.1, 0.15) is 5.56 Å². The van der Waals surface area contributed by atoms with Gasteiger partial charge >= 0.3 is 0 Å². The predicted octanol–water partition coefficient (Wildman–Crippen LogP) is 1.29. The van der Waals surface area contributed by atoms with Crippen molar-refractivity contribution in [2.24, 2.45) is 5.73 Å². The number of nitrogens with two attached hydrogens (primary N) is 1. The van der Waals surface area contributed by atoms with Gasteiger partial charge < -0.3 is 19.9 Å². The van der Waals surface area contributed by atoms with E-state index in [-0.39, 0.29) is 6.61 Å². The maximum atomic E-state index is 11.1. The number of carbonyl (C=O) groups excluding carboxylic acids is 1. The van der Waals surface area contributed by atoms with Gasteiger partial charge in [-0.25, -0.2) is 0 Å². The Labute approximate surface area is 121 Å². The lowest BCUT2D eigenvalue weighted by atomic mass is 10.2. The molecule has 0 bridgehead atoms. The molecule has 1 aromatic carbocycles. The van der Waals surface area contributed by atoms with Crippen LogP contribution in [-0.2, 0) is 11.4 Å². The molecule has 0 radical (unpaired) electrons. The van der Waals surface area contributed by atoms with E-state index in [1.165, 1.54) is 0 Å². The second kappa shape index (κ2) is 5.70. The van der Waals surface area contributed by atoms with Gasteiger partial charge in [0.25, 0.3) is 5.91 Å². The third-order valence-electron chi connectivity index (χ3n) is 3.02. The summed E-state index contributed by atoms with van der Waals surface area (Å²) in [6.45, 7) is 0.519. The van der Waals surface area contributed by atoms with Crippen molar-refractivity contribution in [2.45, 2.75) is 12.7 Å². The Kier molecular flexibility index (Phi) is 3.59. The molecule has 0 saturated heterocycles. The highest BCUT2D eigenvalue weighted by Crippen LogP contribution is 2.35. The number of pyridine rings is 1. The molecule has 0 aliphatic carbocycles.